The number of ether oxygens (including phenoxy) is 1. The number of piperazine rings is 1. The van der Waals surface area contributed by atoms with E-state index < -0.39 is 5.60 Å². The van der Waals surface area contributed by atoms with Gasteiger partial charge in [-0.2, -0.15) is 0 Å². The number of hydrogen-bond acceptors (Lipinski definition) is 6. The van der Waals surface area contributed by atoms with Crippen molar-refractivity contribution >= 4 is 29.2 Å². The lowest BCUT2D eigenvalue weighted by molar-refractivity contribution is -0.119. The van der Waals surface area contributed by atoms with E-state index in [9.17, 15) is 14.4 Å². The third-order valence-corrected chi connectivity index (χ3v) is 5.44. The Hall–Kier alpha value is -2.13. The van der Waals surface area contributed by atoms with Crippen molar-refractivity contribution < 1.29 is 19.1 Å². The van der Waals surface area contributed by atoms with E-state index in [0.717, 1.165) is 30.9 Å². The molecule has 8 nitrogen and oxygen atoms in total. The summed E-state index contributed by atoms with van der Waals surface area (Å²) in [7, 11) is 0. The van der Waals surface area contributed by atoms with Gasteiger partial charge in [-0.05, 0) is 45.9 Å². The van der Waals surface area contributed by atoms with Crippen molar-refractivity contribution in [2.45, 2.75) is 46.3 Å². The number of thiophene rings is 1. The van der Waals surface area contributed by atoms with E-state index in [2.05, 4.69) is 15.5 Å². The van der Waals surface area contributed by atoms with Crippen LogP contribution in [-0.4, -0.2) is 72.6 Å². The minimum atomic E-state index is -0.473. The second-order valence-electron chi connectivity index (χ2n) is 8.09. The topological polar surface area (TPSA) is 91.0 Å². The van der Waals surface area contributed by atoms with Crippen LogP contribution in [0.5, 0.6) is 0 Å². The van der Waals surface area contributed by atoms with Crippen molar-refractivity contribution in [2.24, 2.45) is 0 Å². The number of nitrogens with zero attached hydrogens (tertiary/aromatic N) is 2. The average Bonchev–Trinajstić information content (AvgIpc) is 3.11. The van der Waals surface area contributed by atoms with Gasteiger partial charge in [-0.25, -0.2) is 4.79 Å². The Morgan fingerprint density at radius 3 is 2.41 bits per heavy atom. The van der Waals surface area contributed by atoms with Crippen LogP contribution in [0.2, 0.25) is 0 Å². The van der Waals surface area contributed by atoms with Crippen molar-refractivity contribution in [1.29, 1.82) is 0 Å². The summed E-state index contributed by atoms with van der Waals surface area (Å²) in [4.78, 5) is 40.9. The van der Waals surface area contributed by atoms with Crippen molar-refractivity contribution in [2.75, 3.05) is 39.3 Å². The molecule has 0 bridgehead atoms. The molecule has 1 saturated heterocycles. The normalized spacial score (nSPS) is 15.1. The first kappa shape index (κ1) is 23.2. The molecule has 0 radical (unpaired) electrons. The van der Waals surface area contributed by atoms with Gasteiger partial charge in [0.15, 0.2) is 0 Å². The molecule has 0 aliphatic carbocycles. The van der Waals surface area contributed by atoms with Gasteiger partial charge in [-0.3, -0.25) is 14.5 Å². The molecule has 2 rings (SSSR count). The molecule has 0 spiro atoms. The first-order valence-electron chi connectivity index (χ1n) is 9.95. The largest absolute Gasteiger partial charge is 0.444 e. The number of carbonyl (C=O) groups is 3. The van der Waals surface area contributed by atoms with Gasteiger partial charge in [-0.15, -0.1) is 11.3 Å². The van der Waals surface area contributed by atoms with Crippen LogP contribution in [0.3, 0.4) is 0 Å². The fourth-order valence-corrected chi connectivity index (χ4v) is 3.74. The molecule has 3 amide bonds. The van der Waals surface area contributed by atoms with Crippen molar-refractivity contribution in [1.82, 2.24) is 20.4 Å². The average molecular weight is 425 g/mol. The zero-order chi connectivity index (χ0) is 21.4. The SMILES string of the molecule is CC(=O)NCc1ccc(C(=O)NCCCN2CCN(C(=O)OC(C)(C)C)CC2)s1. The smallest absolute Gasteiger partial charge is 0.410 e. The maximum Gasteiger partial charge on any atom is 0.410 e. The Bertz CT molecular complexity index is 706. The number of carbonyl (C=O) groups excluding carboxylic acids is 3. The molecule has 29 heavy (non-hydrogen) atoms. The fourth-order valence-electron chi connectivity index (χ4n) is 2.88. The van der Waals surface area contributed by atoms with Crippen molar-refractivity contribution in [3.8, 4) is 0 Å². The van der Waals surface area contributed by atoms with E-state index >= 15 is 0 Å². The lowest BCUT2D eigenvalue weighted by Gasteiger charge is -2.35. The molecule has 1 aromatic rings. The minimum absolute atomic E-state index is 0.0844. The maximum absolute atomic E-state index is 12.2. The Morgan fingerprint density at radius 1 is 1.10 bits per heavy atom. The second-order valence-corrected chi connectivity index (χ2v) is 9.26. The maximum atomic E-state index is 12.2. The Kier molecular flexibility index (Phi) is 8.45. The van der Waals surface area contributed by atoms with E-state index in [1.54, 1.807) is 11.0 Å². The van der Waals surface area contributed by atoms with Gasteiger partial charge < -0.3 is 20.3 Å². The number of hydrogen-bond donors (Lipinski definition) is 2. The molecule has 1 aromatic heterocycles. The summed E-state index contributed by atoms with van der Waals surface area (Å²) in [5.41, 5.74) is -0.473. The van der Waals surface area contributed by atoms with Crippen LogP contribution in [0, 0.1) is 0 Å². The summed E-state index contributed by atoms with van der Waals surface area (Å²) >= 11 is 1.39. The molecule has 0 atom stereocenters. The zero-order valence-electron chi connectivity index (χ0n) is 17.7. The summed E-state index contributed by atoms with van der Waals surface area (Å²) in [6, 6.07) is 3.65. The van der Waals surface area contributed by atoms with E-state index in [0.29, 0.717) is 31.1 Å². The summed E-state index contributed by atoms with van der Waals surface area (Å²) in [5.74, 6) is -0.171. The lowest BCUT2D eigenvalue weighted by Crippen LogP contribution is -2.50. The molecular weight excluding hydrogens is 392 g/mol. The predicted octanol–water partition coefficient (Wildman–Crippen LogP) is 2.06. The number of amides is 3. The Balaban J connectivity index is 1.62. The molecular formula is C20H32N4O4S. The molecule has 162 valence electrons. The summed E-state index contributed by atoms with van der Waals surface area (Å²) in [6.45, 7) is 11.9. The highest BCUT2D eigenvalue weighted by Crippen LogP contribution is 2.16. The number of nitrogens with one attached hydrogen (secondary N) is 2. The van der Waals surface area contributed by atoms with Crippen molar-refractivity contribution in [3.63, 3.8) is 0 Å². The van der Waals surface area contributed by atoms with Gasteiger partial charge in [0.1, 0.15) is 5.60 Å². The van der Waals surface area contributed by atoms with Crippen LogP contribution in [0.1, 0.15) is 48.7 Å². The minimum Gasteiger partial charge on any atom is -0.444 e. The van der Waals surface area contributed by atoms with Crippen LogP contribution in [-0.2, 0) is 16.1 Å². The zero-order valence-corrected chi connectivity index (χ0v) is 18.6. The Morgan fingerprint density at radius 2 is 1.79 bits per heavy atom. The summed E-state index contributed by atoms with van der Waals surface area (Å²) in [6.07, 6.45) is 0.598. The molecule has 2 heterocycles. The molecule has 1 fully saturated rings. The highest BCUT2D eigenvalue weighted by molar-refractivity contribution is 7.14. The highest BCUT2D eigenvalue weighted by atomic mass is 32.1. The molecule has 1 aliphatic heterocycles. The summed E-state index contributed by atoms with van der Waals surface area (Å²) < 4.78 is 5.41. The second kappa shape index (κ2) is 10.6. The van der Waals surface area contributed by atoms with Crippen LogP contribution in [0.25, 0.3) is 0 Å². The van der Waals surface area contributed by atoms with Crippen molar-refractivity contribution in [3.05, 3.63) is 21.9 Å². The van der Waals surface area contributed by atoms with Crippen LogP contribution in [0.15, 0.2) is 12.1 Å². The van der Waals surface area contributed by atoms with Crippen LogP contribution < -0.4 is 10.6 Å². The third-order valence-electron chi connectivity index (χ3n) is 4.36. The van der Waals surface area contributed by atoms with Gasteiger partial charge in [0.05, 0.1) is 11.4 Å². The van der Waals surface area contributed by atoms with E-state index in [-0.39, 0.29) is 17.9 Å². The third kappa shape index (κ3) is 8.41. The highest BCUT2D eigenvalue weighted by Gasteiger charge is 2.25. The standard InChI is InChI=1S/C20H32N4O4S/c1-15(25)22-14-16-6-7-17(29-16)18(26)21-8-5-9-23-10-12-24(13-11-23)19(27)28-20(2,3)4/h6-7H,5,8-14H2,1-4H3,(H,21,26)(H,22,25). The van der Waals surface area contributed by atoms with E-state index in [1.807, 2.05) is 26.8 Å². The molecule has 0 saturated carbocycles. The van der Waals surface area contributed by atoms with Crippen LogP contribution in [0.4, 0.5) is 4.79 Å². The Labute approximate surface area is 176 Å². The number of rotatable bonds is 7. The van der Waals surface area contributed by atoms with E-state index in [4.69, 9.17) is 4.74 Å². The van der Waals surface area contributed by atoms with Crippen LogP contribution >= 0.6 is 11.3 Å². The lowest BCUT2D eigenvalue weighted by atomic mass is 10.2. The molecule has 2 N–H and O–H groups in total. The predicted molar refractivity (Wildman–Crippen MR) is 113 cm³/mol. The quantitative estimate of drug-likeness (QED) is 0.654. The van der Waals surface area contributed by atoms with E-state index in [1.165, 1.54) is 18.3 Å². The first-order valence-corrected chi connectivity index (χ1v) is 10.8. The first-order chi connectivity index (χ1) is 13.6. The molecule has 9 heteroatoms. The van der Waals surface area contributed by atoms with Gasteiger partial charge in [0.25, 0.3) is 5.91 Å². The summed E-state index contributed by atoms with van der Waals surface area (Å²) in [5, 5.41) is 5.67. The van der Waals surface area contributed by atoms with Gasteiger partial charge >= 0.3 is 6.09 Å². The van der Waals surface area contributed by atoms with Gasteiger partial charge in [0.2, 0.25) is 5.91 Å². The van der Waals surface area contributed by atoms with Gasteiger partial charge in [-0.1, -0.05) is 0 Å². The monoisotopic (exact) mass is 424 g/mol. The molecule has 1 aliphatic rings. The van der Waals surface area contributed by atoms with Gasteiger partial charge in [0, 0.05) is 44.5 Å². The fraction of sp³-hybridized carbons (Fsp3) is 0.650. The molecule has 0 aromatic carbocycles. The molecule has 0 unspecified atom stereocenters.